The van der Waals surface area contributed by atoms with E-state index in [0.29, 0.717) is 50.6 Å². The molecule has 2 amide bonds. The molecule has 2 aromatic carbocycles. The van der Waals surface area contributed by atoms with Gasteiger partial charge in [0, 0.05) is 32.7 Å². The summed E-state index contributed by atoms with van der Waals surface area (Å²) in [7, 11) is 0. The van der Waals surface area contributed by atoms with Crippen molar-refractivity contribution in [3.05, 3.63) is 65.5 Å². The first kappa shape index (κ1) is 20.8. The van der Waals surface area contributed by atoms with Crippen LogP contribution < -0.4 is 10.1 Å². The summed E-state index contributed by atoms with van der Waals surface area (Å²) in [5, 5.41) is 2.79. The summed E-state index contributed by atoms with van der Waals surface area (Å²) in [4.78, 5) is 28.6. The lowest BCUT2D eigenvalue weighted by Gasteiger charge is -2.34. The Hall–Kier alpha value is -2.93. The van der Waals surface area contributed by atoms with E-state index in [1.807, 2.05) is 24.0 Å². The topological polar surface area (TPSA) is 61.9 Å². The van der Waals surface area contributed by atoms with E-state index in [1.165, 1.54) is 12.1 Å². The molecule has 3 rings (SSSR count). The van der Waals surface area contributed by atoms with Gasteiger partial charge in [-0.15, -0.1) is 0 Å². The van der Waals surface area contributed by atoms with Crippen LogP contribution in [-0.2, 0) is 11.4 Å². The summed E-state index contributed by atoms with van der Waals surface area (Å²) in [6.45, 7) is 5.55. The number of rotatable bonds is 7. The second-order valence-electron chi connectivity index (χ2n) is 6.93. The Morgan fingerprint density at radius 3 is 2.41 bits per heavy atom. The summed E-state index contributed by atoms with van der Waals surface area (Å²) in [5.74, 6) is 0.131. The van der Waals surface area contributed by atoms with Gasteiger partial charge in [0.05, 0.1) is 12.1 Å². The molecule has 0 spiro atoms. The van der Waals surface area contributed by atoms with Crippen molar-refractivity contribution in [2.45, 2.75) is 13.5 Å². The van der Waals surface area contributed by atoms with Gasteiger partial charge in [-0.1, -0.05) is 24.3 Å². The fourth-order valence-corrected chi connectivity index (χ4v) is 3.25. The van der Waals surface area contributed by atoms with Gasteiger partial charge in [-0.25, -0.2) is 4.39 Å². The molecular formula is C22H26FN3O3. The normalized spacial score (nSPS) is 14.5. The van der Waals surface area contributed by atoms with Gasteiger partial charge in [0.25, 0.3) is 5.91 Å². The van der Waals surface area contributed by atoms with Gasteiger partial charge < -0.3 is 15.0 Å². The van der Waals surface area contributed by atoms with Gasteiger partial charge in [0.1, 0.15) is 18.2 Å². The maximum atomic E-state index is 13.0. The van der Waals surface area contributed by atoms with Gasteiger partial charge in [-0.05, 0) is 36.8 Å². The Bertz CT molecular complexity index is 833. The largest absolute Gasteiger partial charge is 0.488 e. The standard InChI is InChI=1S/C22H26FN3O3/c1-2-24-21(27)15-25-11-13-26(14-12-25)22(28)19-5-3-4-6-20(19)29-16-17-7-9-18(23)10-8-17/h3-10H,2,11-16H2,1H3,(H,24,27). The fourth-order valence-electron chi connectivity index (χ4n) is 3.25. The van der Waals surface area contributed by atoms with E-state index < -0.39 is 0 Å². The molecule has 0 bridgehead atoms. The van der Waals surface area contributed by atoms with E-state index in [1.54, 1.807) is 29.2 Å². The van der Waals surface area contributed by atoms with E-state index in [0.717, 1.165) is 5.56 Å². The average Bonchev–Trinajstić information content (AvgIpc) is 2.74. The number of amides is 2. The van der Waals surface area contributed by atoms with Crippen LogP contribution in [0.3, 0.4) is 0 Å². The van der Waals surface area contributed by atoms with E-state index in [9.17, 15) is 14.0 Å². The predicted octanol–water partition coefficient (Wildman–Crippen LogP) is 2.30. The molecule has 6 nitrogen and oxygen atoms in total. The van der Waals surface area contributed by atoms with Crippen molar-refractivity contribution in [1.82, 2.24) is 15.1 Å². The molecule has 0 unspecified atom stereocenters. The van der Waals surface area contributed by atoms with Crippen LogP contribution in [0.5, 0.6) is 5.75 Å². The first-order valence-electron chi connectivity index (χ1n) is 9.81. The number of piperazine rings is 1. The lowest BCUT2D eigenvalue weighted by molar-refractivity contribution is -0.122. The minimum Gasteiger partial charge on any atom is -0.488 e. The third-order valence-corrected chi connectivity index (χ3v) is 4.83. The van der Waals surface area contributed by atoms with Gasteiger partial charge in [-0.3, -0.25) is 14.5 Å². The molecule has 7 heteroatoms. The number of halogens is 1. The number of likely N-dealkylation sites (N-methyl/N-ethyl adjacent to an activating group) is 1. The summed E-state index contributed by atoms with van der Waals surface area (Å²) < 4.78 is 18.9. The van der Waals surface area contributed by atoms with Crippen molar-refractivity contribution < 1.29 is 18.7 Å². The lowest BCUT2D eigenvalue weighted by Crippen LogP contribution is -2.51. The number of carbonyl (C=O) groups excluding carboxylic acids is 2. The molecule has 1 saturated heterocycles. The Kier molecular flexibility index (Phi) is 7.19. The first-order chi connectivity index (χ1) is 14.1. The molecule has 0 saturated carbocycles. The zero-order chi connectivity index (χ0) is 20.6. The molecule has 0 aromatic heterocycles. The molecule has 0 atom stereocenters. The Labute approximate surface area is 170 Å². The summed E-state index contributed by atoms with van der Waals surface area (Å²) >= 11 is 0. The van der Waals surface area contributed by atoms with E-state index in [-0.39, 0.29) is 24.2 Å². The van der Waals surface area contributed by atoms with Crippen LogP contribution in [0.2, 0.25) is 0 Å². The van der Waals surface area contributed by atoms with Crippen LogP contribution >= 0.6 is 0 Å². The smallest absolute Gasteiger partial charge is 0.257 e. The molecule has 29 heavy (non-hydrogen) atoms. The minimum absolute atomic E-state index is 0.00631. The van der Waals surface area contributed by atoms with E-state index in [2.05, 4.69) is 5.32 Å². The quantitative estimate of drug-likeness (QED) is 0.776. The summed E-state index contributed by atoms with van der Waals surface area (Å²) in [6.07, 6.45) is 0. The Morgan fingerprint density at radius 2 is 1.72 bits per heavy atom. The van der Waals surface area contributed by atoms with Crippen LogP contribution in [0.15, 0.2) is 48.5 Å². The maximum absolute atomic E-state index is 13.0. The number of nitrogens with zero attached hydrogens (tertiary/aromatic N) is 2. The second kappa shape index (κ2) is 10.0. The lowest BCUT2D eigenvalue weighted by atomic mass is 10.1. The molecule has 154 valence electrons. The number of ether oxygens (including phenoxy) is 1. The predicted molar refractivity (Wildman–Crippen MR) is 108 cm³/mol. The highest BCUT2D eigenvalue weighted by molar-refractivity contribution is 5.97. The number of carbonyl (C=O) groups is 2. The molecule has 1 fully saturated rings. The molecule has 0 aliphatic carbocycles. The van der Waals surface area contributed by atoms with Crippen molar-refractivity contribution in [1.29, 1.82) is 0 Å². The zero-order valence-electron chi connectivity index (χ0n) is 16.6. The third-order valence-electron chi connectivity index (χ3n) is 4.83. The molecule has 1 heterocycles. The van der Waals surface area contributed by atoms with E-state index >= 15 is 0 Å². The highest BCUT2D eigenvalue weighted by Gasteiger charge is 2.25. The number of nitrogens with one attached hydrogen (secondary N) is 1. The Balaban J connectivity index is 1.58. The van der Waals surface area contributed by atoms with Crippen LogP contribution in [0, 0.1) is 5.82 Å². The van der Waals surface area contributed by atoms with E-state index in [4.69, 9.17) is 4.74 Å². The molecule has 1 aliphatic heterocycles. The monoisotopic (exact) mass is 399 g/mol. The van der Waals surface area contributed by atoms with Gasteiger partial charge in [0.2, 0.25) is 5.91 Å². The van der Waals surface area contributed by atoms with Crippen molar-refractivity contribution in [3.8, 4) is 5.75 Å². The molecule has 1 aliphatic rings. The van der Waals surface area contributed by atoms with Gasteiger partial charge >= 0.3 is 0 Å². The highest BCUT2D eigenvalue weighted by atomic mass is 19.1. The molecule has 0 radical (unpaired) electrons. The fraction of sp³-hybridized carbons (Fsp3) is 0.364. The van der Waals surface area contributed by atoms with Crippen LogP contribution in [0.1, 0.15) is 22.8 Å². The number of hydrogen-bond donors (Lipinski definition) is 1. The van der Waals surface area contributed by atoms with Crippen molar-refractivity contribution in [3.63, 3.8) is 0 Å². The second-order valence-corrected chi connectivity index (χ2v) is 6.93. The highest BCUT2D eigenvalue weighted by Crippen LogP contribution is 2.22. The first-order valence-corrected chi connectivity index (χ1v) is 9.81. The van der Waals surface area contributed by atoms with Crippen LogP contribution in [-0.4, -0.2) is 60.9 Å². The van der Waals surface area contributed by atoms with Crippen molar-refractivity contribution >= 4 is 11.8 Å². The van der Waals surface area contributed by atoms with Gasteiger partial charge in [0.15, 0.2) is 0 Å². The van der Waals surface area contributed by atoms with Crippen molar-refractivity contribution in [2.75, 3.05) is 39.3 Å². The zero-order valence-corrected chi connectivity index (χ0v) is 16.6. The third kappa shape index (κ3) is 5.77. The van der Waals surface area contributed by atoms with Crippen LogP contribution in [0.4, 0.5) is 4.39 Å². The molecular weight excluding hydrogens is 373 g/mol. The Morgan fingerprint density at radius 1 is 1.03 bits per heavy atom. The SMILES string of the molecule is CCNC(=O)CN1CCN(C(=O)c2ccccc2OCc2ccc(F)cc2)CC1. The van der Waals surface area contributed by atoms with Crippen molar-refractivity contribution in [2.24, 2.45) is 0 Å². The number of para-hydroxylation sites is 1. The van der Waals surface area contributed by atoms with Gasteiger partial charge in [-0.2, -0.15) is 0 Å². The average molecular weight is 399 g/mol. The molecule has 2 aromatic rings. The molecule has 1 N–H and O–H groups in total. The summed E-state index contributed by atoms with van der Waals surface area (Å²) in [6, 6.07) is 13.2. The van der Waals surface area contributed by atoms with Crippen LogP contribution in [0.25, 0.3) is 0 Å². The maximum Gasteiger partial charge on any atom is 0.257 e. The summed E-state index contributed by atoms with van der Waals surface area (Å²) in [5.41, 5.74) is 1.33. The number of hydrogen-bond acceptors (Lipinski definition) is 4. The minimum atomic E-state index is -0.296. The number of benzene rings is 2.